The van der Waals surface area contributed by atoms with Crippen LogP contribution in [0, 0.1) is 0 Å². The van der Waals surface area contributed by atoms with E-state index in [1.807, 2.05) is 47.8 Å². The fourth-order valence-corrected chi connectivity index (χ4v) is 3.48. The number of fused-ring (bicyclic) bond motifs is 3. The number of rotatable bonds is 5. The number of carboxylic acid groups (broad SMARTS) is 1. The lowest BCUT2D eigenvalue weighted by molar-refractivity contribution is -0.136. The summed E-state index contributed by atoms with van der Waals surface area (Å²) in [7, 11) is 3.91. The molecule has 148 valence electrons. The Bertz CT molecular complexity index is 1070. The predicted molar refractivity (Wildman–Crippen MR) is 107 cm³/mol. The van der Waals surface area contributed by atoms with Gasteiger partial charge in [0.2, 0.25) is 5.95 Å². The van der Waals surface area contributed by atoms with E-state index in [-0.39, 0.29) is 12.3 Å². The normalized spacial score (nSPS) is 12.6. The average molecular weight is 391 g/mol. The number of anilines is 1. The van der Waals surface area contributed by atoms with E-state index in [1.54, 1.807) is 29.2 Å². The molecule has 0 fully saturated rings. The van der Waals surface area contributed by atoms with Gasteiger partial charge in [-0.25, -0.2) is 0 Å². The molecule has 0 unspecified atom stereocenters. The molecule has 1 amide bonds. The molecule has 1 aliphatic heterocycles. The number of hydrogen-bond donors (Lipinski definition) is 1. The quantitative estimate of drug-likeness (QED) is 0.716. The molecule has 29 heavy (non-hydrogen) atoms. The van der Waals surface area contributed by atoms with E-state index in [0.717, 1.165) is 17.1 Å². The summed E-state index contributed by atoms with van der Waals surface area (Å²) >= 11 is 0. The van der Waals surface area contributed by atoms with Crippen LogP contribution in [0.15, 0.2) is 48.5 Å². The Balaban J connectivity index is 1.71. The van der Waals surface area contributed by atoms with Crippen molar-refractivity contribution in [2.24, 2.45) is 0 Å². The van der Waals surface area contributed by atoms with Crippen LogP contribution in [0.4, 0.5) is 5.95 Å². The van der Waals surface area contributed by atoms with Gasteiger partial charge in [0.15, 0.2) is 5.82 Å². The molecule has 0 radical (unpaired) electrons. The zero-order valence-corrected chi connectivity index (χ0v) is 16.2. The highest BCUT2D eigenvalue weighted by Crippen LogP contribution is 2.31. The van der Waals surface area contributed by atoms with Gasteiger partial charge in [-0.2, -0.15) is 0 Å². The van der Waals surface area contributed by atoms with Gasteiger partial charge in [0.1, 0.15) is 0 Å². The van der Waals surface area contributed by atoms with Gasteiger partial charge in [-0.05, 0) is 43.4 Å². The van der Waals surface area contributed by atoms with Crippen LogP contribution in [0.2, 0.25) is 0 Å². The van der Waals surface area contributed by atoms with Gasteiger partial charge >= 0.3 is 5.97 Å². The van der Waals surface area contributed by atoms with Gasteiger partial charge in [0, 0.05) is 5.56 Å². The first kappa shape index (κ1) is 18.8. The van der Waals surface area contributed by atoms with Crippen molar-refractivity contribution in [3.05, 3.63) is 71.0 Å². The van der Waals surface area contributed by atoms with Crippen molar-refractivity contribution in [2.45, 2.75) is 19.5 Å². The van der Waals surface area contributed by atoms with Gasteiger partial charge < -0.3 is 10.0 Å². The number of aromatic nitrogens is 3. The largest absolute Gasteiger partial charge is 0.481 e. The van der Waals surface area contributed by atoms with E-state index in [2.05, 4.69) is 10.2 Å². The Kier molecular flexibility index (Phi) is 4.85. The molecule has 0 atom stereocenters. The van der Waals surface area contributed by atoms with Crippen molar-refractivity contribution in [1.82, 2.24) is 19.7 Å². The molecule has 4 rings (SSSR count). The number of carboxylic acids is 1. The first-order chi connectivity index (χ1) is 13.9. The van der Waals surface area contributed by atoms with E-state index >= 15 is 0 Å². The van der Waals surface area contributed by atoms with Crippen LogP contribution in [-0.2, 0) is 24.3 Å². The smallest absolute Gasteiger partial charge is 0.307 e. The lowest BCUT2D eigenvalue weighted by atomic mass is 10.1. The van der Waals surface area contributed by atoms with Crippen LogP contribution in [0.25, 0.3) is 5.69 Å². The maximum Gasteiger partial charge on any atom is 0.307 e. The Morgan fingerprint density at radius 1 is 1.07 bits per heavy atom. The maximum absolute atomic E-state index is 13.3. The van der Waals surface area contributed by atoms with Crippen LogP contribution in [0.3, 0.4) is 0 Å². The second-order valence-corrected chi connectivity index (χ2v) is 7.28. The highest BCUT2D eigenvalue weighted by atomic mass is 16.4. The van der Waals surface area contributed by atoms with Crippen molar-refractivity contribution < 1.29 is 14.7 Å². The Hall–Kier alpha value is -3.52. The number of carbonyl (C=O) groups excluding carboxylic acids is 1. The fourth-order valence-electron chi connectivity index (χ4n) is 3.48. The van der Waals surface area contributed by atoms with Gasteiger partial charge in [-0.1, -0.05) is 30.3 Å². The van der Waals surface area contributed by atoms with E-state index in [1.165, 1.54) is 0 Å². The number of amides is 1. The van der Waals surface area contributed by atoms with Crippen LogP contribution < -0.4 is 4.90 Å². The van der Waals surface area contributed by atoms with Gasteiger partial charge in [-0.15, -0.1) is 10.2 Å². The first-order valence-corrected chi connectivity index (χ1v) is 9.24. The zero-order valence-electron chi connectivity index (χ0n) is 16.2. The summed E-state index contributed by atoms with van der Waals surface area (Å²) < 4.78 is 1.93. The molecule has 0 spiro atoms. The molecular weight excluding hydrogens is 370 g/mol. The van der Waals surface area contributed by atoms with Crippen molar-refractivity contribution in [2.75, 3.05) is 19.0 Å². The highest BCUT2D eigenvalue weighted by molar-refractivity contribution is 6.05. The number of benzene rings is 2. The van der Waals surface area contributed by atoms with Crippen LogP contribution >= 0.6 is 0 Å². The summed E-state index contributed by atoms with van der Waals surface area (Å²) in [6.45, 7) is 0.985. The molecule has 2 heterocycles. The van der Waals surface area contributed by atoms with Crippen molar-refractivity contribution >= 4 is 17.8 Å². The van der Waals surface area contributed by atoms with Crippen molar-refractivity contribution in [1.29, 1.82) is 0 Å². The number of hydrogen-bond acceptors (Lipinski definition) is 5. The minimum Gasteiger partial charge on any atom is -0.481 e. The van der Waals surface area contributed by atoms with Gasteiger partial charge in [0.25, 0.3) is 5.91 Å². The molecular formula is C21H21N5O3. The lowest BCUT2D eigenvalue weighted by Gasteiger charge is -2.29. The molecule has 3 aromatic rings. The van der Waals surface area contributed by atoms with Gasteiger partial charge in [-0.3, -0.25) is 19.1 Å². The predicted octanol–water partition coefficient (Wildman–Crippen LogP) is 2.12. The standard InChI is InChI=1S/C21H21N5O3/c1-24(2)13-18-22-23-21-25(12-16-5-3-4-6-17(16)26(18)21)20(29)15-9-7-14(8-10-15)11-19(27)28/h3-10H,11-13H2,1-2H3,(H,27,28). The van der Waals surface area contributed by atoms with E-state index in [0.29, 0.717) is 30.2 Å². The summed E-state index contributed by atoms with van der Waals surface area (Å²) in [5, 5.41) is 17.5. The Morgan fingerprint density at radius 3 is 2.48 bits per heavy atom. The third-order valence-corrected chi connectivity index (χ3v) is 4.77. The minimum atomic E-state index is -0.904. The number of para-hydroxylation sites is 1. The summed E-state index contributed by atoms with van der Waals surface area (Å²) in [4.78, 5) is 27.7. The molecule has 1 N–H and O–H groups in total. The minimum absolute atomic E-state index is 0.0756. The summed E-state index contributed by atoms with van der Waals surface area (Å²) in [6.07, 6.45) is -0.0756. The molecule has 1 aliphatic rings. The number of carbonyl (C=O) groups is 2. The SMILES string of the molecule is CN(C)Cc1nnc2n1-c1ccccc1CN2C(=O)c1ccc(CC(=O)O)cc1. The fraction of sp³-hybridized carbons (Fsp3) is 0.238. The first-order valence-electron chi connectivity index (χ1n) is 9.24. The Morgan fingerprint density at radius 2 is 1.79 bits per heavy atom. The topological polar surface area (TPSA) is 91.6 Å². The molecule has 8 nitrogen and oxygen atoms in total. The van der Waals surface area contributed by atoms with Crippen molar-refractivity contribution in [3.8, 4) is 5.69 Å². The molecule has 2 aromatic carbocycles. The summed E-state index contributed by atoms with van der Waals surface area (Å²) in [5.41, 5.74) is 3.11. The third-order valence-electron chi connectivity index (χ3n) is 4.77. The molecule has 0 saturated carbocycles. The van der Waals surface area contributed by atoms with Gasteiger partial charge in [0.05, 0.1) is 25.2 Å². The lowest BCUT2D eigenvalue weighted by Crippen LogP contribution is -2.36. The maximum atomic E-state index is 13.3. The molecule has 0 aliphatic carbocycles. The van der Waals surface area contributed by atoms with Crippen LogP contribution in [0.1, 0.15) is 27.3 Å². The summed E-state index contributed by atoms with van der Waals surface area (Å²) in [5.74, 6) is 0.136. The second kappa shape index (κ2) is 7.48. The summed E-state index contributed by atoms with van der Waals surface area (Å²) in [6, 6.07) is 14.6. The van der Waals surface area contributed by atoms with E-state index < -0.39 is 5.97 Å². The van der Waals surface area contributed by atoms with E-state index in [4.69, 9.17) is 5.11 Å². The zero-order chi connectivity index (χ0) is 20.5. The second-order valence-electron chi connectivity index (χ2n) is 7.28. The number of nitrogens with zero attached hydrogens (tertiary/aromatic N) is 5. The molecule has 1 aromatic heterocycles. The molecule has 0 saturated heterocycles. The monoisotopic (exact) mass is 391 g/mol. The van der Waals surface area contributed by atoms with Crippen LogP contribution in [-0.4, -0.2) is 50.7 Å². The average Bonchev–Trinajstić information content (AvgIpc) is 3.10. The molecule has 0 bridgehead atoms. The highest BCUT2D eigenvalue weighted by Gasteiger charge is 2.31. The van der Waals surface area contributed by atoms with E-state index in [9.17, 15) is 9.59 Å². The Labute approximate surface area is 168 Å². The van der Waals surface area contributed by atoms with Crippen molar-refractivity contribution in [3.63, 3.8) is 0 Å². The third kappa shape index (κ3) is 3.62. The van der Waals surface area contributed by atoms with Crippen LogP contribution in [0.5, 0.6) is 0 Å². The number of aliphatic carboxylic acids is 1. The molecule has 8 heteroatoms.